The maximum absolute atomic E-state index is 11.6. The monoisotopic (exact) mass is 317 g/mol. The summed E-state index contributed by atoms with van der Waals surface area (Å²) in [5, 5.41) is 6.57. The number of anilines is 3. The molecule has 0 aliphatic carbocycles. The summed E-state index contributed by atoms with van der Waals surface area (Å²) < 4.78 is 5.50. The molecule has 23 heavy (non-hydrogen) atoms. The lowest BCUT2D eigenvalue weighted by Gasteiger charge is -2.08. The molecule has 0 amide bonds. The number of benzene rings is 1. The lowest BCUT2D eigenvalue weighted by Crippen LogP contribution is -2.31. The van der Waals surface area contributed by atoms with E-state index in [0.717, 1.165) is 0 Å². The van der Waals surface area contributed by atoms with Crippen LogP contribution in [-0.4, -0.2) is 33.2 Å². The van der Waals surface area contributed by atoms with E-state index in [2.05, 4.69) is 15.4 Å². The number of rotatable bonds is 4. The first-order chi connectivity index (χ1) is 10.9. The van der Waals surface area contributed by atoms with Crippen LogP contribution in [0.15, 0.2) is 29.1 Å². The number of ether oxygens (including phenoxy) is 1. The van der Waals surface area contributed by atoms with Crippen molar-refractivity contribution >= 4 is 29.3 Å². The number of aromatic nitrogens is 3. The highest BCUT2D eigenvalue weighted by Gasteiger charge is 2.11. The quantitative estimate of drug-likeness (QED) is 0.792. The third kappa shape index (κ3) is 3.70. The van der Waals surface area contributed by atoms with E-state index in [0.29, 0.717) is 22.5 Å². The van der Waals surface area contributed by atoms with Crippen LogP contribution in [0.1, 0.15) is 29.0 Å². The number of nitrogen functional groups attached to an aromatic ring is 1. The molecule has 0 saturated carbocycles. The smallest absolute Gasteiger partial charge is 0.338 e. The van der Waals surface area contributed by atoms with Crippen molar-refractivity contribution in [3.8, 4) is 0 Å². The normalized spacial score (nSPS) is 10.2. The number of nitrogens with one attached hydrogen (secondary N) is 1. The Bertz CT molecular complexity index is 798. The summed E-state index contributed by atoms with van der Waals surface area (Å²) in [6.45, 7) is 3.20. The molecule has 0 bridgehead atoms. The largest absolute Gasteiger partial charge is 0.462 e. The molecule has 0 atom stereocenters. The number of carbonyl (C=O) groups excluding carboxylic acids is 2. The average Bonchev–Trinajstić information content (AvgIpc) is 2.51. The number of hydrogen-bond donors (Lipinski definition) is 2. The van der Waals surface area contributed by atoms with Gasteiger partial charge in [0.25, 0.3) is 0 Å². The zero-order chi connectivity index (χ0) is 17.0. The molecule has 2 aromatic rings. The highest BCUT2D eigenvalue weighted by atomic mass is 16.5. The van der Waals surface area contributed by atoms with Gasteiger partial charge in [0.2, 0.25) is 11.9 Å². The van der Waals surface area contributed by atoms with E-state index in [1.165, 1.54) is 6.92 Å². The second-order valence-corrected chi connectivity index (χ2v) is 4.48. The first-order valence-corrected chi connectivity index (χ1v) is 6.74. The summed E-state index contributed by atoms with van der Waals surface area (Å²) in [7, 11) is 0. The molecular weight excluding hydrogens is 302 g/mol. The van der Waals surface area contributed by atoms with Crippen molar-refractivity contribution in [3.63, 3.8) is 0 Å². The van der Waals surface area contributed by atoms with Gasteiger partial charge in [-0.3, -0.25) is 9.59 Å². The molecule has 120 valence electrons. The zero-order valence-corrected chi connectivity index (χ0v) is 12.6. The molecule has 9 nitrogen and oxygen atoms in total. The second kappa shape index (κ2) is 6.69. The minimum Gasteiger partial charge on any atom is -0.462 e. The third-order valence-electron chi connectivity index (χ3n) is 2.78. The fourth-order valence-corrected chi connectivity index (χ4v) is 1.73. The van der Waals surface area contributed by atoms with E-state index < -0.39 is 17.4 Å². The van der Waals surface area contributed by atoms with Crippen molar-refractivity contribution in [1.82, 2.24) is 14.8 Å². The maximum atomic E-state index is 11.6. The Labute approximate surface area is 131 Å². The minimum absolute atomic E-state index is 0.0128. The van der Waals surface area contributed by atoms with Crippen LogP contribution in [-0.2, 0) is 4.74 Å². The SMILES string of the molecule is CCOC(=O)c1ccc(Nc2nc(N)c(=O)n(C(C)=O)n2)cc1. The lowest BCUT2D eigenvalue weighted by atomic mass is 10.2. The number of carbonyl (C=O) groups is 2. The minimum atomic E-state index is -0.777. The van der Waals surface area contributed by atoms with Crippen LogP contribution < -0.4 is 16.6 Å². The van der Waals surface area contributed by atoms with Gasteiger partial charge in [-0.2, -0.15) is 9.67 Å². The predicted octanol–water partition coefficient (Wildman–Crippen LogP) is 0.801. The summed E-state index contributed by atoms with van der Waals surface area (Å²) >= 11 is 0. The predicted molar refractivity (Wildman–Crippen MR) is 82.7 cm³/mol. The van der Waals surface area contributed by atoms with E-state index in [4.69, 9.17) is 10.5 Å². The highest BCUT2D eigenvalue weighted by molar-refractivity contribution is 5.89. The first kappa shape index (κ1) is 16.1. The molecule has 3 N–H and O–H groups in total. The van der Waals surface area contributed by atoms with Crippen LogP contribution in [0, 0.1) is 0 Å². The van der Waals surface area contributed by atoms with Gasteiger partial charge in [0.15, 0.2) is 5.82 Å². The van der Waals surface area contributed by atoms with Crippen LogP contribution in [0.2, 0.25) is 0 Å². The first-order valence-electron chi connectivity index (χ1n) is 6.74. The molecule has 0 aliphatic rings. The molecule has 1 aromatic heterocycles. The summed E-state index contributed by atoms with van der Waals surface area (Å²) in [4.78, 5) is 38.3. The molecule has 0 unspecified atom stereocenters. The van der Waals surface area contributed by atoms with Gasteiger partial charge in [-0.15, -0.1) is 5.10 Å². The Morgan fingerprint density at radius 2 is 1.96 bits per heavy atom. The van der Waals surface area contributed by atoms with Crippen molar-refractivity contribution < 1.29 is 14.3 Å². The summed E-state index contributed by atoms with van der Waals surface area (Å²) in [6, 6.07) is 6.33. The zero-order valence-electron chi connectivity index (χ0n) is 12.6. The number of nitrogens with two attached hydrogens (primary N) is 1. The second-order valence-electron chi connectivity index (χ2n) is 4.48. The van der Waals surface area contributed by atoms with Crippen LogP contribution in [0.5, 0.6) is 0 Å². The molecule has 1 aromatic carbocycles. The molecule has 0 radical (unpaired) electrons. The van der Waals surface area contributed by atoms with Gasteiger partial charge >= 0.3 is 11.5 Å². The van der Waals surface area contributed by atoms with Crippen molar-refractivity contribution in [2.75, 3.05) is 17.7 Å². The van der Waals surface area contributed by atoms with Gasteiger partial charge in [0.05, 0.1) is 12.2 Å². The third-order valence-corrected chi connectivity index (χ3v) is 2.78. The van der Waals surface area contributed by atoms with E-state index in [1.54, 1.807) is 31.2 Å². The highest BCUT2D eigenvalue weighted by Crippen LogP contribution is 2.14. The van der Waals surface area contributed by atoms with Crippen molar-refractivity contribution in [2.45, 2.75) is 13.8 Å². The van der Waals surface area contributed by atoms with Crippen LogP contribution in [0.3, 0.4) is 0 Å². The maximum Gasteiger partial charge on any atom is 0.338 e. The van der Waals surface area contributed by atoms with Crippen LogP contribution >= 0.6 is 0 Å². The van der Waals surface area contributed by atoms with Crippen molar-refractivity contribution in [2.24, 2.45) is 0 Å². The Kier molecular flexibility index (Phi) is 4.69. The summed E-state index contributed by atoms with van der Waals surface area (Å²) in [6.07, 6.45) is 0. The molecule has 1 heterocycles. The standard InChI is InChI=1S/C14H15N5O4/c1-3-23-13(22)9-4-6-10(7-5-9)16-14-17-11(15)12(21)19(18-14)8(2)20/h4-7H,3H2,1-2H3,(H3,15,16,17,18). The summed E-state index contributed by atoms with van der Waals surface area (Å²) in [5.74, 6) is -1.36. The van der Waals surface area contributed by atoms with Gasteiger partial charge in [0.1, 0.15) is 0 Å². The van der Waals surface area contributed by atoms with E-state index in [-0.39, 0.29) is 11.8 Å². The van der Waals surface area contributed by atoms with Gasteiger partial charge in [0, 0.05) is 12.6 Å². The van der Waals surface area contributed by atoms with E-state index in [1.807, 2.05) is 0 Å². The topological polar surface area (TPSA) is 129 Å². The Balaban J connectivity index is 2.24. The molecule has 0 fully saturated rings. The van der Waals surface area contributed by atoms with Crippen molar-refractivity contribution in [1.29, 1.82) is 0 Å². The van der Waals surface area contributed by atoms with Gasteiger partial charge in [-0.05, 0) is 31.2 Å². The van der Waals surface area contributed by atoms with Crippen LogP contribution in [0.4, 0.5) is 17.5 Å². The van der Waals surface area contributed by atoms with Crippen molar-refractivity contribution in [3.05, 3.63) is 40.2 Å². The Hall–Kier alpha value is -3.23. The number of hydrogen-bond acceptors (Lipinski definition) is 8. The van der Waals surface area contributed by atoms with Gasteiger partial charge in [-0.25, -0.2) is 4.79 Å². The van der Waals surface area contributed by atoms with E-state index in [9.17, 15) is 14.4 Å². The number of esters is 1. The van der Waals surface area contributed by atoms with E-state index >= 15 is 0 Å². The molecule has 9 heteroatoms. The number of nitrogens with zero attached hydrogens (tertiary/aromatic N) is 3. The van der Waals surface area contributed by atoms with Gasteiger partial charge in [-0.1, -0.05) is 0 Å². The average molecular weight is 317 g/mol. The molecule has 2 rings (SSSR count). The fraction of sp³-hybridized carbons (Fsp3) is 0.214. The molecular formula is C14H15N5O4. The Morgan fingerprint density at radius 3 is 2.52 bits per heavy atom. The van der Waals surface area contributed by atoms with Gasteiger partial charge < -0.3 is 15.8 Å². The molecule has 0 saturated heterocycles. The Morgan fingerprint density at radius 1 is 1.30 bits per heavy atom. The molecule has 0 aliphatic heterocycles. The summed E-state index contributed by atoms with van der Waals surface area (Å²) in [5.41, 5.74) is 5.64. The lowest BCUT2D eigenvalue weighted by molar-refractivity contribution is 0.0526. The molecule has 0 spiro atoms. The van der Waals surface area contributed by atoms with Crippen LogP contribution in [0.25, 0.3) is 0 Å². The fourth-order valence-electron chi connectivity index (χ4n) is 1.73.